The second kappa shape index (κ2) is 4.73. The van der Waals surface area contributed by atoms with Gasteiger partial charge in [-0.15, -0.1) is 0 Å². The molecule has 98 valence electrons. The van der Waals surface area contributed by atoms with Gasteiger partial charge in [-0.25, -0.2) is 4.99 Å². The quantitative estimate of drug-likeness (QED) is 0.826. The van der Waals surface area contributed by atoms with E-state index in [1.54, 1.807) is 0 Å². The molecule has 18 heavy (non-hydrogen) atoms. The van der Waals surface area contributed by atoms with Gasteiger partial charge in [-0.2, -0.15) is 0 Å². The van der Waals surface area contributed by atoms with Crippen molar-refractivity contribution in [2.45, 2.75) is 32.9 Å². The van der Waals surface area contributed by atoms with Crippen molar-refractivity contribution in [3.05, 3.63) is 34.9 Å². The van der Waals surface area contributed by atoms with E-state index >= 15 is 0 Å². The maximum atomic E-state index is 6.19. The molecule has 2 unspecified atom stereocenters. The molecule has 0 fully saturated rings. The van der Waals surface area contributed by atoms with Crippen molar-refractivity contribution >= 4 is 5.84 Å². The van der Waals surface area contributed by atoms with Gasteiger partial charge in [-0.3, -0.25) is 0 Å². The summed E-state index contributed by atoms with van der Waals surface area (Å²) in [5, 5.41) is 0. The Labute approximate surface area is 110 Å². The van der Waals surface area contributed by atoms with E-state index in [1.165, 1.54) is 16.7 Å². The summed E-state index contributed by atoms with van der Waals surface area (Å²) < 4.78 is 0. The van der Waals surface area contributed by atoms with Crippen LogP contribution in [0.1, 0.15) is 42.6 Å². The molecule has 1 heterocycles. The van der Waals surface area contributed by atoms with Crippen LogP contribution in [-0.2, 0) is 0 Å². The van der Waals surface area contributed by atoms with Crippen LogP contribution in [-0.4, -0.2) is 24.8 Å². The smallest absolute Gasteiger partial charge is 0.125 e. The van der Waals surface area contributed by atoms with E-state index in [4.69, 9.17) is 5.73 Å². The zero-order chi connectivity index (χ0) is 13.4. The highest BCUT2D eigenvalue weighted by Gasteiger charge is 2.32. The lowest BCUT2D eigenvalue weighted by atomic mass is 9.79. The molecular weight excluding hydrogens is 222 g/mol. The number of hydrogen-bond acceptors (Lipinski definition) is 3. The number of likely N-dealkylation sites (N-methyl/N-ethyl adjacent to an activating group) is 1. The fraction of sp³-hybridized carbons (Fsp3) is 0.533. The third-order valence-corrected chi connectivity index (χ3v) is 3.66. The Balaban J connectivity index is 2.63. The summed E-state index contributed by atoms with van der Waals surface area (Å²) in [6.07, 6.45) is -0.229. The minimum Gasteiger partial charge on any atom is -0.366 e. The molecule has 0 spiro atoms. The lowest BCUT2D eigenvalue weighted by Crippen LogP contribution is -2.37. The average molecular weight is 245 g/mol. The fourth-order valence-electron chi connectivity index (χ4n) is 2.83. The molecule has 3 nitrogen and oxygen atoms in total. The molecule has 1 aliphatic rings. The first-order valence-electron chi connectivity index (χ1n) is 6.53. The molecule has 0 aliphatic carbocycles. The number of fused-ring (bicyclic) bond motifs is 1. The maximum Gasteiger partial charge on any atom is 0.125 e. The number of nitrogens with two attached hydrogens (primary N) is 1. The van der Waals surface area contributed by atoms with Crippen LogP contribution in [0.15, 0.2) is 23.2 Å². The standard InChI is InChI=1S/C15H23N3/c1-9(2)12-13-10(3)7-6-8-11(13)14(16)17-15(12)18(4)5/h6-9,12,14H,16H2,1-5H3. The van der Waals surface area contributed by atoms with E-state index in [0.717, 1.165) is 5.84 Å². The van der Waals surface area contributed by atoms with Gasteiger partial charge in [0.1, 0.15) is 12.0 Å². The highest BCUT2D eigenvalue weighted by Crippen LogP contribution is 2.38. The van der Waals surface area contributed by atoms with E-state index in [-0.39, 0.29) is 6.17 Å². The zero-order valence-electron chi connectivity index (χ0n) is 11.9. The maximum absolute atomic E-state index is 6.19. The largest absolute Gasteiger partial charge is 0.366 e. The van der Waals surface area contributed by atoms with Crippen molar-refractivity contribution in [3.8, 4) is 0 Å². The van der Waals surface area contributed by atoms with Gasteiger partial charge in [0, 0.05) is 20.0 Å². The molecular formula is C15H23N3. The monoisotopic (exact) mass is 245 g/mol. The Hall–Kier alpha value is -1.35. The van der Waals surface area contributed by atoms with Gasteiger partial charge >= 0.3 is 0 Å². The van der Waals surface area contributed by atoms with Crippen molar-refractivity contribution in [3.63, 3.8) is 0 Å². The van der Waals surface area contributed by atoms with Crippen LogP contribution >= 0.6 is 0 Å². The Morgan fingerprint density at radius 1 is 1.28 bits per heavy atom. The summed E-state index contributed by atoms with van der Waals surface area (Å²) in [6, 6.07) is 6.35. The van der Waals surface area contributed by atoms with Gasteiger partial charge in [-0.05, 0) is 29.5 Å². The minimum absolute atomic E-state index is 0.229. The van der Waals surface area contributed by atoms with E-state index in [2.05, 4.69) is 48.9 Å². The zero-order valence-corrected chi connectivity index (χ0v) is 11.9. The molecule has 0 bridgehead atoms. The van der Waals surface area contributed by atoms with Crippen molar-refractivity contribution in [1.82, 2.24) is 4.90 Å². The fourth-order valence-corrected chi connectivity index (χ4v) is 2.83. The van der Waals surface area contributed by atoms with Crippen molar-refractivity contribution in [2.75, 3.05) is 14.1 Å². The molecule has 0 radical (unpaired) electrons. The van der Waals surface area contributed by atoms with Gasteiger partial charge in [0.2, 0.25) is 0 Å². The molecule has 1 aliphatic heterocycles. The average Bonchev–Trinajstić information content (AvgIpc) is 2.29. The second-order valence-corrected chi connectivity index (χ2v) is 5.63. The summed E-state index contributed by atoms with van der Waals surface area (Å²) in [4.78, 5) is 6.78. The van der Waals surface area contributed by atoms with Crippen LogP contribution < -0.4 is 5.73 Å². The third kappa shape index (κ3) is 2.03. The first kappa shape index (κ1) is 13.1. The predicted octanol–water partition coefficient (Wildman–Crippen LogP) is 2.67. The summed E-state index contributed by atoms with van der Waals surface area (Å²) >= 11 is 0. The Morgan fingerprint density at radius 2 is 1.94 bits per heavy atom. The van der Waals surface area contributed by atoms with E-state index in [9.17, 15) is 0 Å². The van der Waals surface area contributed by atoms with Crippen molar-refractivity contribution in [1.29, 1.82) is 0 Å². The summed E-state index contributed by atoms with van der Waals surface area (Å²) in [6.45, 7) is 6.66. The van der Waals surface area contributed by atoms with Gasteiger partial charge in [0.05, 0.1) is 0 Å². The van der Waals surface area contributed by atoms with Crippen LogP contribution in [0.5, 0.6) is 0 Å². The summed E-state index contributed by atoms with van der Waals surface area (Å²) in [5.74, 6) is 1.95. The Kier molecular flexibility index (Phi) is 3.44. The lowest BCUT2D eigenvalue weighted by molar-refractivity contribution is 0.492. The number of hydrogen-bond donors (Lipinski definition) is 1. The van der Waals surface area contributed by atoms with Crippen LogP contribution in [0.4, 0.5) is 0 Å². The summed E-state index contributed by atoms with van der Waals surface area (Å²) in [7, 11) is 4.09. The third-order valence-electron chi connectivity index (χ3n) is 3.66. The molecule has 0 saturated heterocycles. The van der Waals surface area contributed by atoms with E-state index < -0.39 is 0 Å². The lowest BCUT2D eigenvalue weighted by Gasteiger charge is -2.36. The van der Waals surface area contributed by atoms with Crippen molar-refractivity contribution in [2.24, 2.45) is 16.6 Å². The van der Waals surface area contributed by atoms with Crippen LogP contribution in [0.2, 0.25) is 0 Å². The molecule has 0 saturated carbocycles. The molecule has 2 N–H and O–H groups in total. The molecule has 0 amide bonds. The molecule has 1 aromatic rings. The Morgan fingerprint density at radius 3 is 2.50 bits per heavy atom. The van der Waals surface area contributed by atoms with Gasteiger partial charge in [-0.1, -0.05) is 32.0 Å². The number of aliphatic imine (C=N–C) groups is 1. The first-order valence-corrected chi connectivity index (χ1v) is 6.53. The highest BCUT2D eigenvalue weighted by atomic mass is 15.2. The van der Waals surface area contributed by atoms with Crippen LogP contribution in [0.25, 0.3) is 0 Å². The number of nitrogens with zero attached hydrogens (tertiary/aromatic N) is 2. The molecule has 2 rings (SSSR count). The van der Waals surface area contributed by atoms with Crippen LogP contribution in [0.3, 0.4) is 0 Å². The minimum atomic E-state index is -0.229. The van der Waals surface area contributed by atoms with Crippen molar-refractivity contribution < 1.29 is 0 Å². The normalized spacial score (nSPS) is 22.7. The predicted molar refractivity (Wildman–Crippen MR) is 76.8 cm³/mol. The number of rotatable bonds is 1. The topological polar surface area (TPSA) is 41.6 Å². The number of amidine groups is 1. The molecule has 0 aromatic heterocycles. The molecule has 3 heteroatoms. The summed E-state index contributed by atoms with van der Waals surface area (Å²) in [5.41, 5.74) is 10.1. The van der Waals surface area contributed by atoms with Gasteiger partial charge in [0.25, 0.3) is 0 Å². The van der Waals surface area contributed by atoms with Gasteiger partial charge in [0.15, 0.2) is 0 Å². The molecule has 1 aromatic carbocycles. The van der Waals surface area contributed by atoms with E-state index in [1.807, 2.05) is 14.1 Å². The SMILES string of the molecule is Cc1cccc2c1C(C(C)C)C(N(C)C)=NC2N. The van der Waals surface area contributed by atoms with Crippen LogP contribution in [0, 0.1) is 12.8 Å². The number of benzene rings is 1. The highest BCUT2D eigenvalue weighted by molar-refractivity contribution is 5.91. The molecule has 2 atom stereocenters. The van der Waals surface area contributed by atoms with E-state index in [0.29, 0.717) is 11.8 Å². The second-order valence-electron chi connectivity index (χ2n) is 5.63. The Bertz CT molecular complexity index is 475. The number of aryl methyl sites for hydroxylation is 1. The first-order chi connectivity index (χ1) is 8.43. The van der Waals surface area contributed by atoms with Gasteiger partial charge < -0.3 is 10.6 Å².